The number of hydrogen-bond donors (Lipinski definition) is 2. The van der Waals surface area contributed by atoms with Crippen molar-refractivity contribution in [2.45, 2.75) is 25.1 Å². The molecule has 2 aromatic rings. The molecule has 136 valence electrons. The van der Waals surface area contributed by atoms with Gasteiger partial charge in [-0.25, -0.2) is 0 Å². The van der Waals surface area contributed by atoms with Gasteiger partial charge in [-0.1, -0.05) is 11.6 Å². The number of nitrogens with one attached hydrogen (secondary N) is 2. The molecule has 0 saturated heterocycles. The SMILES string of the molecule is O=C(NC1CC1)c1ccnc(C(=O)Nc2ccc(Cl)cc2C(F)(F)F)c1. The summed E-state index contributed by atoms with van der Waals surface area (Å²) in [5, 5.41) is 4.82. The first-order valence-corrected chi connectivity index (χ1v) is 8.07. The van der Waals surface area contributed by atoms with Crippen molar-refractivity contribution in [1.29, 1.82) is 0 Å². The van der Waals surface area contributed by atoms with Gasteiger partial charge in [-0.3, -0.25) is 14.6 Å². The highest BCUT2D eigenvalue weighted by atomic mass is 35.5. The Hall–Kier alpha value is -2.61. The Morgan fingerprint density at radius 3 is 2.50 bits per heavy atom. The molecule has 0 radical (unpaired) electrons. The molecular weight excluding hydrogens is 371 g/mol. The maximum Gasteiger partial charge on any atom is 0.418 e. The van der Waals surface area contributed by atoms with E-state index >= 15 is 0 Å². The monoisotopic (exact) mass is 383 g/mol. The number of rotatable bonds is 4. The lowest BCUT2D eigenvalue weighted by Crippen LogP contribution is -2.26. The summed E-state index contributed by atoms with van der Waals surface area (Å²) in [6.07, 6.45) is -1.63. The third kappa shape index (κ3) is 4.32. The standard InChI is InChI=1S/C17H13ClF3N3O2/c18-10-1-4-13(12(8-10)17(19,20)21)24-16(26)14-7-9(5-6-22-14)15(25)23-11-2-3-11/h1,4-8,11H,2-3H2,(H,23,25)(H,24,26). The number of alkyl halides is 3. The molecule has 0 aliphatic heterocycles. The molecular formula is C17H13ClF3N3O2. The number of anilines is 1. The molecule has 2 N–H and O–H groups in total. The number of carbonyl (C=O) groups excluding carboxylic acids is 2. The summed E-state index contributed by atoms with van der Waals surface area (Å²) >= 11 is 5.61. The number of halogens is 4. The van der Waals surface area contributed by atoms with Crippen molar-refractivity contribution in [3.05, 3.63) is 58.4 Å². The number of amides is 2. The van der Waals surface area contributed by atoms with Gasteiger partial charge in [0.1, 0.15) is 5.69 Å². The molecule has 0 spiro atoms. The molecule has 9 heteroatoms. The molecule has 26 heavy (non-hydrogen) atoms. The number of pyridine rings is 1. The van der Waals surface area contributed by atoms with Crippen molar-refractivity contribution in [2.75, 3.05) is 5.32 Å². The predicted molar refractivity (Wildman–Crippen MR) is 89.1 cm³/mol. The number of carbonyl (C=O) groups is 2. The molecule has 2 amide bonds. The van der Waals surface area contributed by atoms with Crippen LogP contribution in [0.5, 0.6) is 0 Å². The first-order chi connectivity index (χ1) is 12.2. The summed E-state index contributed by atoms with van der Waals surface area (Å²) in [4.78, 5) is 28.1. The van der Waals surface area contributed by atoms with Crippen LogP contribution in [0.4, 0.5) is 18.9 Å². The third-order valence-electron chi connectivity index (χ3n) is 3.70. The van der Waals surface area contributed by atoms with E-state index in [-0.39, 0.29) is 28.2 Å². The van der Waals surface area contributed by atoms with Crippen LogP contribution in [0.3, 0.4) is 0 Å². The van der Waals surface area contributed by atoms with Crippen molar-refractivity contribution in [2.24, 2.45) is 0 Å². The third-order valence-corrected chi connectivity index (χ3v) is 3.94. The van der Waals surface area contributed by atoms with E-state index in [2.05, 4.69) is 15.6 Å². The first-order valence-electron chi connectivity index (χ1n) is 7.69. The van der Waals surface area contributed by atoms with Crippen LogP contribution in [-0.4, -0.2) is 22.8 Å². The maximum atomic E-state index is 13.1. The van der Waals surface area contributed by atoms with Gasteiger partial charge in [0.15, 0.2) is 0 Å². The van der Waals surface area contributed by atoms with Gasteiger partial charge in [0, 0.05) is 22.8 Å². The zero-order chi connectivity index (χ0) is 18.9. The van der Waals surface area contributed by atoms with E-state index in [0.717, 1.165) is 25.0 Å². The fraction of sp³-hybridized carbons (Fsp3) is 0.235. The van der Waals surface area contributed by atoms with Crippen LogP contribution in [0.25, 0.3) is 0 Å². The molecule has 1 aromatic heterocycles. The van der Waals surface area contributed by atoms with E-state index in [1.807, 2.05) is 0 Å². The van der Waals surface area contributed by atoms with Crippen LogP contribution in [0.15, 0.2) is 36.5 Å². The Kier molecular flexibility index (Phi) is 4.86. The largest absolute Gasteiger partial charge is 0.418 e. The van der Waals surface area contributed by atoms with E-state index in [4.69, 9.17) is 11.6 Å². The van der Waals surface area contributed by atoms with Gasteiger partial charge >= 0.3 is 6.18 Å². The second kappa shape index (κ2) is 6.95. The molecule has 1 fully saturated rings. The molecule has 0 unspecified atom stereocenters. The van der Waals surface area contributed by atoms with Crippen molar-refractivity contribution >= 4 is 29.1 Å². The Morgan fingerprint density at radius 2 is 1.85 bits per heavy atom. The zero-order valence-electron chi connectivity index (χ0n) is 13.2. The molecule has 0 bridgehead atoms. The number of hydrogen-bond acceptors (Lipinski definition) is 3. The summed E-state index contributed by atoms with van der Waals surface area (Å²) in [5.41, 5.74) is -1.47. The van der Waals surface area contributed by atoms with E-state index in [0.29, 0.717) is 0 Å². The maximum absolute atomic E-state index is 13.1. The van der Waals surface area contributed by atoms with Gasteiger partial charge in [-0.05, 0) is 43.2 Å². The van der Waals surface area contributed by atoms with E-state index in [1.54, 1.807) is 0 Å². The Balaban J connectivity index is 1.81. The predicted octanol–water partition coefficient (Wildman–Crippen LogP) is 3.90. The van der Waals surface area contributed by atoms with Crippen molar-refractivity contribution in [1.82, 2.24) is 10.3 Å². The summed E-state index contributed by atoms with van der Waals surface area (Å²) < 4.78 is 39.3. The molecule has 5 nitrogen and oxygen atoms in total. The Labute approximate surface area is 151 Å². The Bertz CT molecular complexity index is 867. The molecule has 1 heterocycles. The van der Waals surface area contributed by atoms with E-state index < -0.39 is 23.3 Å². The average molecular weight is 384 g/mol. The molecule has 1 saturated carbocycles. The van der Waals surface area contributed by atoms with Gasteiger partial charge < -0.3 is 10.6 Å². The highest BCUT2D eigenvalue weighted by Crippen LogP contribution is 2.36. The van der Waals surface area contributed by atoms with E-state index in [9.17, 15) is 22.8 Å². The van der Waals surface area contributed by atoms with Gasteiger partial charge in [0.2, 0.25) is 0 Å². The number of nitrogens with zero attached hydrogens (tertiary/aromatic N) is 1. The minimum atomic E-state index is -4.69. The van der Waals surface area contributed by atoms with Crippen molar-refractivity contribution in [3.63, 3.8) is 0 Å². The van der Waals surface area contributed by atoms with Crippen LogP contribution in [-0.2, 0) is 6.18 Å². The minimum absolute atomic E-state index is 0.104. The second-order valence-corrected chi connectivity index (χ2v) is 6.26. The van der Waals surface area contributed by atoms with Gasteiger partial charge in [-0.15, -0.1) is 0 Å². The normalized spacial score (nSPS) is 14.0. The summed E-state index contributed by atoms with van der Waals surface area (Å²) in [6, 6.07) is 5.82. The number of aromatic nitrogens is 1. The van der Waals surface area contributed by atoms with E-state index in [1.165, 1.54) is 24.4 Å². The fourth-order valence-corrected chi connectivity index (χ4v) is 2.41. The molecule has 1 aliphatic rings. The summed E-state index contributed by atoms with van der Waals surface area (Å²) in [5.74, 6) is -1.22. The van der Waals surface area contributed by atoms with Crippen LogP contribution in [0.2, 0.25) is 5.02 Å². The van der Waals surface area contributed by atoms with Crippen molar-refractivity contribution < 1.29 is 22.8 Å². The molecule has 1 aliphatic carbocycles. The topological polar surface area (TPSA) is 71.1 Å². The zero-order valence-corrected chi connectivity index (χ0v) is 14.0. The summed E-state index contributed by atoms with van der Waals surface area (Å²) in [7, 11) is 0. The van der Waals surface area contributed by atoms with Gasteiger partial charge in [0.25, 0.3) is 11.8 Å². The van der Waals surface area contributed by atoms with Crippen LogP contribution in [0, 0.1) is 0 Å². The fourth-order valence-electron chi connectivity index (χ4n) is 2.24. The molecule has 0 atom stereocenters. The van der Waals surface area contributed by atoms with Gasteiger partial charge in [0.05, 0.1) is 11.3 Å². The van der Waals surface area contributed by atoms with Gasteiger partial charge in [-0.2, -0.15) is 13.2 Å². The highest BCUT2D eigenvalue weighted by molar-refractivity contribution is 6.30. The van der Waals surface area contributed by atoms with Crippen LogP contribution < -0.4 is 10.6 Å². The van der Waals surface area contributed by atoms with Crippen LogP contribution in [0.1, 0.15) is 39.3 Å². The Morgan fingerprint density at radius 1 is 1.12 bits per heavy atom. The number of benzene rings is 1. The average Bonchev–Trinajstić information content (AvgIpc) is 3.39. The van der Waals surface area contributed by atoms with Crippen molar-refractivity contribution in [3.8, 4) is 0 Å². The lowest BCUT2D eigenvalue weighted by atomic mass is 10.1. The second-order valence-electron chi connectivity index (χ2n) is 5.82. The lowest BCUT2D eigenvalue weighted by molar-refractivity contribution is -0.136. The molecule has 3 rings (SSSR count). The minimum Gasteiger partial charge on any atom is -0.349 e. The quantitative estimate of drug-likeness (QED) is 0.841. The van der Waals surface area contributed by atoms with Crippen LogP contribution >= 0.6 is 11.6 Å². The highest BCUT2D eigenvalue weighted by Gasteiger charge is 2.34. The lowest BCUT2D eigenvalue weighted by Gasteiger charge is -2.14. The summed E-state index contributed by atoms with van der Waals surface area (Å²) in [6.45, 7) is 0. The first kappa shape index (κ1) is 18.2. The smallest absolute Gasteiger partial charge is 0.349 e. The molecule has 1 aromatic carbocycles.